The van der Waals surface area contributed by atoms with Crippen LogP contribution >= 0.6 is 0 Å². The number of fused-ring (bicyclic) bond motifs is 1. The molecule has 17 heavy (non-hydrogen) atoms. The van der Waals surface area contributed by atoms with Crippen LogP contribution in [0.4, 0.5) is 0 Å². The van der Waals surface area contributed by atoms with Crippen molar-refractivity contribution in [1.29, 1.82) is 0 Å². The summed E-state index contributed by atoms with van der Waals surface area (Å²) in [5.41, 5.74) is 6.15. The standard InChI is InChI=1S/C8H16N2.C6H12N/c9-5-3-8-2-1-6-10(8)7-4-8;1-2-4-6-7-5-3-1/h1-7,9H2;1-6H2/q+1;. The molecule has 2 radical (unpaired) electrons. The summed E-state index contributed by atoms with van der Waals surface area (Å²) in [7, 11) is 0. The molecule has 3 heteroatoms. The topological polar surface area (TPSA) is 46.0 Å². The summed E-state index contributed by atoms with van der Waals surface area (Å²) in [6.07, 6.45) is 10.9. The molecule has 1 unspecified atom stereocenters. The minimum atomic E-state index is 0.592. The highest BCUT2D eigenvalue weighted by molar-refractivity contribution is 5.07. The molecule has 0 aromatic carbocycles. The molecular formula is C14H28N3+. The Labute approximate surface area is 106 Å². The minimum Gasteiger partial charge on any atom is -0.330 e. The lowest BCUT2D eigenvalue weighted by molar-refractivity contribution is 0.114. The van der Waals surface area contributed by atoms with Gasteiger partial charge in [0.15, 0.2) is 0 Å². The highest BCUT2D eigenvalue weighted by Gasteiger charge is 2.56. The second kappa shape index (κ2) is 6.72. The molecule has 1 atom stereocenters. The highest BCUT2D eigenvalue weighted by atomic mass is 15.3. The summed E-state index contributed by atoms with van der Waals surface area (Å²) in [6, 6.07) is 0. The predicted molar refractivity (Wildman–Crippen MR) is 72.5 cm³/mol. The van der Waals surface area contributed by atoms with Crippen LogP contribution in [-0.2, 0) is 0 Å². The zero-order chi connectivity index (χ0) is 12.0. The van der Waals surface area contributed by atoms with Crippen molar-refractivity contribution in [3.05, 3.63) is 0 Å². The maximum atomic E-state index is 5.56. The summed E-state index contributed by atoms with van der Waals surface area (Å²) >= 11 is 0. The van der Waals surface area contributed by atoms with E-state index in [2.05, 4.69) is 10.2 Å². The first kappa shape index (κ1) is 13.3. The third kappa shape index (κ3) is 3.43. The first-order valence-corrected chi connectivity index (χ1v) is 7.46. The Kier molecular flexibility index (Phi) is 5.26. The average molecular weight is 238 g/mol. The van der Waals surface area contributed by atoms with Gasteiger partial charge in [0.05, 0.1) is 6.42 Å². The fourth-order valence-electron chi connectivity index (χ4n) is 3.41. The lowest BCUT2D eigenvalue weighted by Gasteiger charge is -2.37. The van der Waals surface area contributed by atoms with E-state index in [0.717, 1.165) is 19.6 Å². The number of nitrogens with two attached hydrogens (primary N) is 1. The van der Waals surface area contributed by atoms with E-state index in [1.165, 1.54) is 64.5 Å². The number of rotatable bonds is 2. The van der Waals surface area contributed by atoms with Crippen molar-refractivity contribution in [3.63, 3.8) is 0 Å². The predicted octanol–water partition coefficient (Wildman–Crippen LogP) is 1.58. The Bertz CT molecular complexity index is 200. The molecule has 0 amide bonds. The van der Waals surface area contributed by atoms with Gasteiger partial charge in [0.25, 0.3) is 0 Å². The van der Waals surface area contributed by atoms with Gasteiger partial charge in [0, 0.05) is 32.4 Å². The van der Waals surface area contributed by atoms with Crippen molar-refractivity contribution in [2.45, 2.75) is 56.9 Å². The largest absolute Gasteiger partial charge is 0.330 e. The first-order valence-electron chi connectivity index (χ1n) is 7.46. The van der Waals surface area contributed by atoms with Crippen molar-refractivity contribution in [3.8, 4) is 0 Å². The van der Waals surface area contributed by atoms with Crippen LogP contribution in [0.3, 0.4) is 0 Å². The van der Waals surface area contributed by atoms with Crippen LogP contribution in [0.2, 0.25) is 0 Å². The maximum Gasteiger partial charge on any atom is 0.149 e. The van der Waals surface area contributed by atoms with E-state index in [1.807, 2.05) is 0 Å². The Hall–Kier alpha value is -0.120. The Morgan fingerprint density at radius 2 is 1.71 bits per heavy atom. The summed E-state index contributed by atoms with van der Waals surface area (Å²) < 4.78 is 0. The molecule has 3 heterocycles. The number of hydrogen-bond donors (Lipinski definition) is 1. The van der Waals surface area contributed by atoms with Crippen LogP contribution in [0.1, 0.15) is 51.4 Å². The smallest absolute Gasteiger partial charge is 0.149 e. The number of nitrogens with zero attached hydrogens (tertiary/aromatic N) is 2. The molecule has 0 aromatic rings. The van der Waals surface area contributed by atoms with Gasteiger partial charge in [0.1, 0.15) is 18.6 Å². The van der Waals surface area contributed by atoms with E-state index in [9.17, 15) is 0 Å². The molecule has 3 aliphatic rings. The molecule has 0 aromatic heterocycles. The molecule has 3 fully saturated rings. The SMILES string of the molecule is C1CCC[N]CC1.NCCC12CCC[N+]1CC2. The van der Waals surface area contributed by atoms with Crippen LogP contribution in [0.15, 0.2) is 0 Å². The van der Waals surface area contributed by atoms with Crippen LogP contribution < -0.4 is 16.0 Å². The van der Waals surface area contributed by atoms with E-state index < -0.39 is 0 Å². The molecule has 0 bridgehead atoms. The second-order valence-corrected chi connectivity index (χ2v) is 5.69. The van der Waals surface area contributed by atoms with E-state index in [0.29, 0.717) is 5.54 Å². The van der Waals surface area contributed by atoms with Crippen LogP contribution in [0, 0.1) is 0 Å². The molecule has 3 saturated heterocycles. The van der Waals surface area contributed by atoms with Gasteiger partial charge < -0.3 is 5.73 Å². The average Bonchev–Trinajstić information content (AvgIpc) is 2.58. The lowest BCUT2D eigenvalue weighted by Crippen LogP contribution is -2.60. The van der Waals surface area contributed by atoms with Gasteiger partial charge in [-0.25, -0.2) is 5.32 Å². The van der Waals surface area contributed by atoms with Crippen LogP contribution in [-0.4, -0.2) is 38.3 Å². The zero-order valence-corrected chi connectivity index (χ0v) is 11.2. The van der Waals surface area contributed by atoms with Crippen LogP contribution in [0.5, 0.6) is 0 Å². The summed E-state index contributed by atoms with van der Waals surface area (Å²) in [5, 5.41) is 4.27. The maximum absolute atomic E-state index is 5.56. The van der Waals surface area contributed by atoms with Gasteiger partial charge in [-0.1, -0.05) is 12.8 Å². The summed E-state index contributed by atoms with van der Waals surface area (Å²) in [5.74, 6) is 0. The summed E-state index contributed by atoms with van der Waals surface area (Å²) in [4.78, 5) is 2.61. The normalized spacial score (nSPS) is 33.0. The molecule has 98 valence electrons. The zero-order valence-electron chi connectivity index (χ0n) is 11.2. The van der Waals surface area contributed by atoms with Crippen LogP contribution in [0.25, 0.3) is 0 Å². The van der Waals surface area contributed by atoms with E-state index in [4.69, 9.17) is 5.73 Å². The van der Waals surface area contributed by atoms with Crippen molar-refractivity contribution in [2.75, 3.05) is 32.7 Å². The van der Waals surface area contributed by atoms with Gasteiger partial charge in [0.2, 0.25) is 0 Å². The molecule has 0 saturated carbocycles. The Balaban J connectivity index is 0.000000136. The second-order valence-electron chi connectivity index (χ2n) is 5.69. The lowest BCUT2D eigenvalue weighted by atomic mass is 9.82. The quantitative estimate of drug-likeness (QED) is 0.729. The van der Waals surface area contributed by atoms with Gasteiger partial charge in [-0.15, -0.1) is 0 Å². The summed E-state index contributed by atoms with van der Waals surface area (Å²) in [6.45, 7) is 5.79. The third-order valence-electron chi connectivity index (χ3n) is 4.58. The number of hydrogen-bond acceptors (Lipinski definition) is 2. The van der Waals surface area contributed by atoms with Gasteiger partial charge in [-0.05, 0) is 19.4 Å². The highest BCUT2D eigenvalue weighted by Crippen LogP contribution is 2.40. The van der Waals surface area contributed by atoms with E-state index in [-0.39, 0.29) is 0 Å². The fourth-order valence-corrected chi connectivity index (χ4v) is 3.41. The monoisotopic (exact) mass is 238 g/mol. The molecule has 0 aliphatic carbocycles. The van der Waals surface area contributed by atoms with E-state index in [1.54, 1.807) is 0 Å². The fraction of sp³-hybridized carbons (Fsp3) is 1.00. The molecular weight excluding hydrogens is 210 g/mol. The first-order chi connectivity index (χ1) is 8.37. The van der Waals surface area contributed by atoms with E-state index >= 15 is 0 Å². The minimum absolute atomic E-state index is 0.592. The van der Waals surface area contributed by atoms with Crippen molar-refractivity contribution >= 4 is 0 Å². The van der Waals surface area contributed by atoms with Crippen molar-refractivity contribution in [2.24, 2.45) is 5.73 Å². The van der Waals surface area contributed by atoms with Gasteiger partial charge in [-0.2, -0.15) is 4.90 Å². The van der Waals surface area contributed by atoms with Crippen molar-refractivity contribution in [1.82, 2.24) is 10.2 Å². The molecule has 0 spiro atoms. The van der Waals surface area contributed by atoms with Gasteiger partial charge >= 0.3 is 0 Å². The molecule has 3 nitrogen and oxygen atoms in total. The Morgan fingerprint density at radius 1 is 0.941 bits per heavy atom. The molecule has 3 aliphatic heterocycles. The molecule has 2 N–H and O–H groups in total. The van der Waals surface area contributed by atoms with Crippen molar-refractivity contribution < 1.29 is 0 Å². The third-order valence-corrected chi connectivity index (χ3v) is 4.58. The Morgan fingerprint density at radius 3 is 2.24 bits per heavy atom. The van der Waals surface area contributed by atoms with Gasteiger partial charge in [-0.3, -0.25) is 0 Å². The molecule has 3 rings (SSSR count).